The van der Waals surface area contributed by atoms with Crippen LogP contribution in [-0.4, -0.2) is 42.5 Å². The van der Waals surface area contributed by atoms with E-state index in [0.717, 1.165) is 5.56 Å². The fourth-order valence-electron chi connectivity index (χ4n) is 1.69. The van der Waals surface area contributed by atoms with Crippen molar-refractivity contribution in [3.63, 3.8) is 0 Å². The first-order chi connectivity index (χ1) is 9.11. The van der Waals surface area contributed by atoms with E-state index in [-0.39, 0.29) is 23.9 Å². The highest BCUT2D eigenvalue weighted by Gasteiger charge is 2.11. The molecule has 0 N–H and O–H groups in total. The van der Waals surface area contributed by atoms with E-state index in [2.05, 4.69) is 4.74 Å². The van der Waals surface area contributed by atoms with E-state index >= 15 is 0 Å². The van der Waals surface area contributed by atoms with E-state index in [4.69, 9.17) is 0 Å². The Bertz CT molecular complexity index is 408. The zero-order valence-corrected chi connectivity index (χ0v) is 10.9. The minimum absolute atomic E-state index is 0.131. The van der Waals surface area contributed by atoms with Gasteiger partial charge in [0.2, 0.25) is 6.54 Å². The summed E-state index contributed by atoms with van der Waals surface area (Å²) >= 11 is 0. The van der Waals surface area contributed by atoms with Crippen LogP contribution in [0.3, 0.4) is 0 Å². The maximum absolute atomic E-state index is 11.1. The number of nitrogens with zero attached hydrogens (tertiary/aromatic N) is 2. The van der Waals surface area contributed by atoms with Crippen LogP contribution in [-0.2, 0) is 16.1 Å². The van der Waals surface area contributed by atoms with E-state index in [1.165, 1.54) is 7.11 Å². The van der Waals surface area contributed by atoms with Crippen molar-refractivity contribution in [2.45, 2.75) is 13.0 Å². The van der Waals surface area contributed by atoms with Gasteiger partial charge in [-0.2, -0.15) is 0 Å². The minimum Gasteiger partial charge on any atom is -0.469 e. The second-order valence-corrected chi connectivity index (χ2v) is 4.14. The zero-order valence-electron chi connectivity index (χ0n) is 10.9. The molecule has 0 unspecified atom stereocenters. The number of esters is 1. The van der Waals surface area contributed by atoms with Crippen LogP contribution in [0.25, 0.3) is 0 Å². The number of ether oxygens (including phenoxy) is 1. The molecular formula is C13H18N2O4. The molecule has 0 amide bonds. The Hall–Kier alpha value is -1.95. The summed E-state index contributed by atoms with van der Waals surface area (Å²) < 4.78 is 4.58. The van der Waals surface area contributed by atoms with Gasteiger partial charge in [-0.05, 0) is 5.56 Å². The molecule has 0 aliphatic heterocycles. The van der Waals surface area contributed by atoms with Crippen molar-refractivity contribution in [3.05, 3.63) is 46.0 Å². The third-order valence-electron chi connectivity index (χ3n) is 2.71. The quantitative estimate of drug-likeness (QED) is 0.403. The standard InChI is InChI=1S/C13H18N2O4/c1-19-13(16)7-8-14(9-10-15(17)18)11-12-5-3-2-4-6-12/h2-6H,7-11H2,1H3. The molecular weight excluding hydrogens is 248 g/mol. The van der Waals surface area contributed by atoms with Crippen molar-refractivity contribution in [1.29, 1.82) is 0 Å². The average molecular weight is 266 g/mol. The molecule has 0 atom stereocenters. The largest absolute Gasteiger partial charge is 0.469 e. The normalized spacial score (nSPS) is 10.4. The molecule has 6 heteroatoms. The summed E-state index contributed by atoms with van der Waals surface area (Å²) in [5.74, 6) is -0.306. The third-order valence-corrected chi connectivity index (χ3v) is 2.71. The van der Waals surface area contributed by atoms with Gasteiger partial charge in [-0.15, -0.1) is 0 Å². The number of carbonyl (C=O) groups excluding carboxylic acids is 1. The van der Waals surface area contributed by atoms with Crippen molar-refractivity contribution in [2.75, 3.05) is 26.7 Å². The topological polar surface area (TPSA) is 72.7 Å². The lowest BCUT2D eigenvalue weighted by atomic mass is 10.2. The second kappa shape index (κ2) is 8.20. The van der Waals surface area contributed by atoms with Crippen LogP contribution in [0.15, 0.2) is 30.3 Å². The molecule has 0 spiro atoms. The van der Waals surface area contributed by atoms with Gasteiger partial charge in [-0.25, -0.2) is 0 Å². The minimum atomic E-state index is -0.351. The van der Waals surface area contributed by atoms with Crippen molar-refractivity contribution in [3.8, 4) is 0 Å². The SMILES string of the molecule is COC(=O)CCN(CC[N+](=O)[O-])Cc1ccccc1. The molecule has 0 aliphatic carbocycles. The number of benzene rings is 1. The van der Waals surface area contributed by atoms with Crippen LogP contribution < -0.4 is 0 Å². The van der Waals surface area contributed by atoms with Gasteiger partial charge >= 0.3 is 5.97 Å². The Morgan fingerprint density at radius 1 is 1.32 bits per heavy atom. The molecule has 0 radical (unpaired) electrons. The van der Waals surface area contributed by atoms with Gasteiger partial charge in [-0.1, -0.05) is 30.3 Å². The summed E-state index contributed by atoms with van der Waals surface area (Å²) in [5, 5.41) is 10.4. The second-order valence-electron chi connectivity index (χ2n) is 4.14. The third kappa shape index (κ3) is 6.52. The molecule has 0 aliphatic rings. The fourth-order valence-corrected chi connectivity index (χ4v) is 1.69. The molecule has 19 heavy (non-hydrogen) atoms. The molecule has 104 valence electrons. The monoisotopic (exact) mass is 266 g/mol. The molecule has 1 aromatic carbocycles. The number of hydrogen-bond donors (Lipinski definition) is 0. The van der Waals surface area contributed by atoms with Gasteiger partial charge in [0.25, 0.3) is 0 Å². The van der Waals surface area contributed by atoms with Gasteiger partial charge < -0.3 is 4.74 Å². The Morgan fingerprint density at radius 3 is 2.58 bits per heavy atom. The van der Waals surface area contributed by atoms with Gasteiger partial charge in [0.15, 0.2) is 0 Å². The van der Waals surface area contributed by atoms with E-state index in [1.54, 1.807) is 0 Å². The van der Waals surface area contributed by atoms with E-state index in [0.29, 0.717) is 19.6 Å². The summed E-state index contributed by atoms with van der Waals surface area (Å²) in [6, 6.07) is 9.66. The average Bonchev–Trinajstić information content (AvgIpc) is 2.42. The van der Waals surface area contributed by atoms with Crippen molar-refractivity contribution < 1.29 is 14.5 Å². The van der Waals surface area contributed by atoms with Crippen LogP contribution in [0.5, 0.6) is 0 Å². The van der Waals surface area contributed by atoms with Gasteiger partial charge in [0.05, 0.1) is 20.1 Å². The fraction of sp³-hybridized carbons (Fsp3) is 0.462. The molecule has 1 aromatic rings. The van der Waals surface area contributed by atoms with E-state index < -0.39 is 0 Å². The van der Waals surface area contributed by atoms with Crippen molar-refractivity contribution in [2.24, 2.45) is 0 Å². The highest BCUT2D eigenvalue weighted by atomic mass is 16.6. The Labute approximate surface area is 112 Å². The maximum atomic E-state index is 11.1. The lowest BCUT2D eigenvalue weighted by molar-refractivity contribution is -0.480. The van der Waals surface area contributed by atoms with Gasteiger partial charge in [0, 0.05) is 18.0 Å². The zero-order chi connectivity index (χ0) is 14.1. The summed E-state index contributed by atoms with van der Waals surface area (Å²) in [7, 11) is 1.33. The van der Waals surface area contributed by atoms with Gasteiger partial charge in [0.1, 0.15) is 0 Å². The number of nitro groups is 1. The van der Waals surface area contributed by atoms with Crippen LogP contribution in [0.1, 0.15) is 12.0 Å². The molecule has 0 fully saturated rings. The molecule has 0 bridgehead atoms. The molecule has 0 heterocycles. The highest BCUT2D eigenvalue weighted by molar-refractivity contribution is 5.69. The number of rotatable bonds is 8. The molecule has 0 aromatic heterocycles. The Balaban J connectivity index is 2.53. The van der Waals surface area contributed by atoms with E-state index in [9.17, 15) is 14.9 Å². The summed E-state index contributed by atoms with van der Waals surface area (Å²) in [6.45, 7) is 1.23. The van der Waals surface area contributed by atoms with Gasteiger partial charge in [-0.3, -0.25) is 19.8 Å². The first-order valence-electron chi connectivity index (χ1n) is 6.06. The lowest BCUT2D eigenvalue weighted by Gasteiger charge is -2.19. The van der Waals surface area contributed by atoms with Crippen LogP contribution in [0.2, 0.25) is 0 Å². The summed E-state index contributed by atoms with van der Waals surface area (Å²) in [6.07, 6.45) is 0.237. The summed E-state index contributed by atoms with van der Waals surface area (Å²) in [4.78, 5) is 23.1. The first kappa shape index (κ1) is 15.1. The van der Waals surface area contributed by atoms with Crippen LogP contribution in [0, 0.1) is 10.1 Å². The van der Waals surface area contributed by atoms with E-state index in [1.807, 2.05) is 35.2 Å². The van der Waals surface area contributed by atoms with Crippen LogP contribution >= 0.6 is 0 Å². The number of carbonyl (C=O) groups is 1. The smallest absolute Gasteiger partial charge is 0.306 e. The van der Waals surface area contributed by atoms with Crippen LogP contribution in [0.4, 0.5) is 0 Å². The highest BCUT2D eigenvalue weighted by Crippen LogP contribution is 2.05. The van der Waals surface area contributed by atoms with Crippen molar-refractivity contribution in [1.82, 2.24) is 4.90 Å². The maximum Gasteiger partial charge on any atom is 0.306 e. The summed E-state index contributed by atoms with van der Waals surface area (Å²) in [5.41, 5.74) is 1.07. The first-order valence-corrected chi connectivity index (χ1v) is 6.06. The number of hydrogen-bond acceptors (Lipinski definition) is 5. The molecule has 6 nitrogen and oxygen atoms in total. The number of methoxy groups -OCH3 is 1. The predicted octanol–water partition coefficient (Wildman–Crippen LogP) is 1.33. The van der Waals surface area contributed by atoms with Crippen molar-refractivity contribution >= 4 is 5.97 Å². The Kier molecular flexibility index (Phi) is 6.52. The Morgan fingerprint density at radius 2 is 2.00 bits per heavy atom. The molecule has 0 saturated heterocycles. The molecule has 1 rings (SSSR count). The molecule has 0 saturated carbocycles. The predicted molar refractivity (Wildman–Crippen MR) is 70.2 cm³/mol. The lowest BCUT2D eigenvalue weighted by Crippen LogP contribution is -2.31.